The molecule has 0 aliphatic carbocycles. The molecule has 3 rings (SSSR count). The number of pyridine rings is 1. The lowest BCUT2D eigenvalue weighted by atomic mass is 10.0. The highest BCUT2D eigenvalue weighted by atomic mass is 35.5. The Morgan fingerprint density at radius 3 is 2.50 bits per heavy atom. The van der Waals surface area contributed by atoms with Crippen LogP contribution in [0, 0.1) is 5.82 Å². The van der Waals surface area contributed by atoms with Gasteiger partial charge in [0.1, 0.15) is 16.9 Å². The highest BCUT2D eigenvalue weighted by molar-refractivity contribution is 6.05. The van der Waals surface area contributed by atoms with Crippen LogP contribution in [0.2, 0.25) is 0 Å². The van der Waals surface area contributed by atoms with Crippen LogP contribution in [0.1, 0.15) is 21.5 Å². The molecule has 0 saturated heterocycles. The van der Waals surface area contributed by atoms with E-state index < -0.39 is 5.97 Å². The standard InChI is InChI=1S/C19H17FN4O3.ClH/c1-27-18(26)14-8-15(24-19(21)22)13-7-11(9-23-16(13)17(14)25)6-10-2-4-12(20)5-3-10;/h2-5,7-9,25H,6H2,1H3,(H4,21,22,24);1H. The molecule has 0 unspecified atom stereocenters. The van der Waals surface area contributed by atoms with E-state index in [1.54, 1.807) is 24.4 Å². The minimum absolute atomic E-state index is 0. The van der Waals surface area contributed by atoms with Crippen molar-refractivity contribution >= 4 is 40.9 Å². The number of rotatable bonds is 4. The topological polar surface area (TPSA) is 124 Å². The van der Waals surface area contributed by atoms with Crippen LogP contribution in [0.3, 0.4) is 0 Å². The Morgan fingerprint density at radius 1 is 1.21 bits per heavy atom. The van der Waals surface area contributed by atoms with E-state index in [-0.39, 0.29) is 46.7 Å². The van der Waals surface area contributed by atoms with Crippen LogP contribution in [-0.4, -0.2) is 29.1 Å². The maximum Gasteiger partial charge on any atom is 0.341 e. The third-order valence-electron chi connectivity index (χ3n) is 3.96. The summed E-state index contributed by atoms with van der Waals surface area (Å²) in [6.07, 6.45) is 2.05. The molecular formula is C19H18ClFN4O3. The molecule has 2 aromatic carbocycles. The number of aromatic nitrogens is 1. The van der Waals surface area contributed by atoms with E-state index in [2.05, 4.69) is 14.7 Å². The fourth-order valence-electron chi connectivity index (χ4n) is 2.73. The van der Waals surface area contributed by atoms with Crippen molar-refractivity contribution in [2.45, 2.75) is 6.42 Å². The number of methoxy groups -OCH3 is 1. The molecule has 0 aliphatic rings. The van der Waals surface area contributed by atoms with Crippen LogP contribution in [0.15, 0.2) is 47.6 Å². The number of hydrogen-bond acceptors (Lipinski definition) is 5. The normalized spacial score (nSPS) is 10.2. The molecule has 5 N–H and O–H groups in total. The Labute approximate surface area is 166 Å². The van der Waals surface area contributed by atoms with Crippen LogP contribution in [0.25, 0.3) is 10.9 Å². The number of hydrogen-bond donors (Lipinski definition) is 3. The summed E-state index contributed by atoms with van der Waals surface area (Å²) in [5, 5.41) is 10.9. The number of aromatic hydroxyl groups is 1. The molecular weight excluding hydrogens is 387 g/mol. The van der Waals surface area contributed by atoms with E-state index in [4.69, 9.17) is 11.5 Å². The summed E-state index contributed by atoms with van der Waals surface area (Å²) in [5.41, 5.74) is 13.0. The second-order valence-corrected chi connectivity index (χ2v) is 5.86. The van der Waals surface area contributed by atoms with Gasteiger partial charge in [-0.15, -0.1) is 12.4 Å². The van der Waals surface area contributed by atoms with Gasteiger partial charge in [0.05, 0.1) is 12.8 Å². The molecule has 0 radical (unpaired) electrons. The van der Waals surface area contributed by atoms with Crippen molar-refractivity contribution in [3.8, 4) is 5.75 Å². The minimum atomic E-state index is -0.737. The number of carbonyl (C=O) groups excluding carboxylic acids is 1. The van der Waals surface area contributed by atoms with Gasteiger partial charge in [0, 0.05) is 11.6 Å². The van der Waals surface area contributed by atoms with Crippen LogP contribution in [0.4, 0.5) is 10.1 Å². The van der Waals surface area contributed by atoms with Gasteiger partial charge in [-0.1, -0.05) is 12.1 Å². The number of ether oxygens (including phenoxy) is 1. The molecule has 0 atom stereocenters. The largest absolute Gasteiger partial charge is 0.505 e. The zero-order valence-corrected chi connectivity index (χ0v) is 15.7. The third-order valence-corrected chi connectivity index (χ3v) is 3.96. The third kappa shape index (κ3) is 4.29. The molecule has 0 spiro atoms. The molecule has 3 aromatic rings. The molecule has 0 amide bonds. The fourth-order valence-corrected chi connectivity index (χ4v) is 2.73. The SMILES string of the molecule is COC(=O)c1cc(N=C(N)N)c2cc(Cc3ccc(F)cc3)cnc2c1O.Cl. The second kappa shape index (κ2) is 8.53. The van der Waals surface area contributed by atoms with Gasteiger partial charge in [-0.25, -0.2) is 14.2 Å². The van der Waals surface area contributed by atoms with Gasteiger partial charge in [0.25, 0.3) is 0 Å². The smallest absolute Gasteiger partial charge is 0.341 e. The first-order valence-electron chi connectivity index (χ1n) is 7.96. The Balaban J connectivity index is 0.00000280. The zero-order valence-electron chi connectivity index (χ0n) is 14.8. The average Bonchev–Trinajstić information content (AvgIpc) is 2.65. The van der Waals surface area contributed by atoms with E-state index in [0.717, 1.165) is 11.1 Å². The Hall–Kier alpha value is -3.39. The van der Waals surface area contributed by atoms with Gasteiger partial charge in [-0.05, 0) is 41.8 Å². The van der Waals surface area contributed by atoms with Crippen molar-refractivity contribution in [2.75, 3.05) is 7.11 Å². The van der Waals surface area contributed by atoms with Crippen molar-refractivity contribution in [3.63, 3.8) is 0 Å². The Morgan fingerprint density at radius 2 is 1.89 bits per heavy atom. The average molecular weight is 405 g/mol. The first-order chi connectivity index (χ1) is 12.9. The van der Waals surface area contributed by atoms with Crippen LogP contribution in [0.5, 0.6) is 5.75 Å². The second-order valence-electron chi connectivity index (χ2n) is 5.86. The predicted molar refractivity (Wildman–Crippen MR) is 107 cm³/mol. The monoisotopic (exact) mass is 404 g/mol. The predicted octanol–water partition coefficient (Wildman–Crippen LogP) is 2.78. The quantitative estimate of drug-likeness (QED) is 0.349. The van der Waals surface area contributed by atoms with Crippen LogP contribution >= 0.6 is 12.4 Å². The summed E-state index contributed by atoms with van der Waals surface area (Å²) in [7, 11) is 1.20. The fraction of sp³-hybridized carbons (Fsp3) is 0.105. The summed E-state index contributed by atoms with van der Waals surface area (Å²) in [6.45, 7) is 0. The summed E-state index contributed by atoms with van der Waals surface area (Å²) in [4.78, 5) is 20.2. The lowest BCUT2D eigenvalue weighted by Gasteiger charge is -2.11. The number of halogens is 2. The molecule has 0 saturated carbocycles. The molecule has 1 aromatic heterocycles. The maximum atomic E-state index is 13.1. The van der Waals surface area contributed by atoms with Crippen LogP contribution in [-0.2, 0) is 11.2 Å². The minimum Gasteiger partial charge on any atom is -0.505 e. The Kier molecular flexibility index (Phi) is 6.37. The molecule has 1 heterocycles. The first kappa shape index (κ1) is 20.9. The first-order valence-corrected chi connectivity index (χ1v) is 7.96. The van der Waals surface area contributed by atoms with Crippen molar-refractivity contribution in [1.29, 1.82) is 0 Å². The number of phenolic OH excluding ortho intramolecular Hbond substituents is 1. The maximum absolute atomic E-state index is 13.1. The van der Waals surface area contributed by atoms with Gasteiger partial charge in [0.2, 0.25) is 0 Å². The van der Waals surface area contributed by atoms with E-state index in [9.17, 15) is 14.3 Å². The van der Waals surface area contributed by atoms with Crippen molar-refractivity contribution in [1.82, 2.24) is 4.98 Å². The summed E-state index contributed by atoms with van der Waals surface area (Å²) in [6, 6.07) is 9.20. The number of benzene rings is 2. The highest BCUT2D eigenvalue weighted by Crippen LogP contribution is 2.36. The number of fused-ring (bicyclic) bond motifs is 1. The van der Waals surface area contributed by atoms with Gasteiger partial charge < -0.3 is 21.3 Å². The van der Waals surface area contributed by atoms with E-state index in [1.165, 1.54) is 25.3 Å². The number of guanidine groups is 1. The molecule has 9 heteroatoms. The highest BCUT2D eigenvalue weighted by Gasteiger charge is 2.19. The van der Waals surface area contributed by atoms with Crippen molar-refractivity contribution < 1.29 is 19.0 Å². The lowest BCUT2D eigenvalue weighted by molar-refractivity contribution is 0.0597. The summed E-state index contributed by atoms with van der Waals surface area (Å²) >= 11 is 0. The number of nitrogens with zero attached hydrogens (tertiary/aromatic N) is 2. The number of phenols is 1. The molecule has 0 bridgehead atoms. The summed E-state index contributed by atoms with van der Waals surface area (Å²) < 4.78 is 17.7. The molecule has 28 heavy (non-hydrogen) atoms. The molecule has 146 valence electrons. The summed E-state index contributed by atoms with van der Waals surface area (Å²) in [5.74, 6) is -1.58. The van der Waals surface area contributed by atoms with Crippen molar-refractivity contribution in [3.05, 3.63) is 65.1 Å². The number of nitrogens with two attached hydrogens (primary N) is 2. The molecule has 0 aliphatic heterocycles. The van der Waals surface area contributed by atoms with E-state index in [0.29, 0.717) is 11.8 Å². The van der Waals surface area contributed by atoms with Crippen molar-refractivity contribution in [2.24, 2.45) is 16.5 Å². The Bertz CT molecular complexity index is 1050. The molecule has 0 fully saturated rings. The van der Waals surface area contributed by atoms with E-state index in [1.807, 2.05) is 0 Å². The number of esters is 1. The zero-order chi connectivity index (χ0) is 19.6. The van der Waals surface area contributed by atoms with Gasteiger partial charge >= 0.3 is 5.97 Å². The van der Waals surface area contributed by atoms with E-state index >= 15 is 0 Å². The lowest BCUT2D eigenvalue weighted by Crippen LogP contribution is -2.22. The van der Waals surface area contributed by atoms with Gasteiger partial charge in [-0.3, -0.25) is 4.98 Å². The van der Waals surface area contributed by atoms with Gasteiger partial charge in [-0.2, -0.15) is 0 Å². The van der Waals surface area contributed by atoms with Gasteiger partial charge in [0.15, 0.2) is 11.7 Å². The van der Waals surface area contributed by atoms with Crippen LogP contribution < -0.4 is 11.5 Å². The number of carbonyl (C=O) groups is 1. The number of aliphatic imine (C=N–C) groups is 1. The molecule has 7 nitrogen and oxygen atoms in total.